The molecule has 0 amide bonds. The summed E-state index contributed by atoms with van der Waals surface area (Å²) in [6.45, 7) is 0. The second kappa shape index (κ2) is 9.37. The van der Waals surface area contributed by atoms with E-state index in [1.165, 1.54) is 12.8 Å². The Labute approximate surface area is 181 Å². The minimum atomic E-state index is -0.954. The number of nitrogens with zero attached hydrogens (tertiary/aromatic N) is 2. The number of aromatic nitrogens is 1. The van der Waals surface area contributed by atoms with Crippen LogP contribution >= 0.6 is 11.6 Å². The molecule has 1 fully saturated rings. The topological polar surface area (TPSA) is 54.8 Å². The Kier molecular flexibility index (Phi) is 6.41. The number of halogens is 1. The first-order valence-corrected chi connectivity index (χ1v) is 10.5. The summed E-state index contributed by atoms with van der Waals surface area (Å²) in [4.78, 5) is 5.96. The van der Waals surface area contributed by atoms with Crippen LogP contribution in [0.5, 0.6) is 11.5 Å². The predicted octanol–water partition coefficient (Wildman–Crippen LogP) is 5.89. The van der Waals surface area contributed by atoms with Gasteiger partial charge < -0.3 is 19.5 Å². The van der Waals surface area contributed by atoms with E-state index in [0.29, 0.717) is 22.1 Å². The van der Waals surface area contributed by atoms with Crippen LogP contribution < -0.4 is 14.4 Å². The number of rotatable bonds is 7. The molecule has 30 heavy (non-hydrogen) atoms. The smallest absolute Gasteiger partial charge is 0.163 e. The summed E-state index contributed by atoms with van der Waals surface area (Å²) in [5.41, 5.74) is 2.20. The van der Waals surface area contributed by atoms with Gasteiger partial charge >= 0.3 is 0 Å². The van der Waals surface area contributed by atoms with Crippen LogP contribution in [0.4, 0.5) is 11.4 Å². The summed E-state index contributed by atoms with van der Waals surface area (Å²) in [5.74, 6) is 1.35. The van der Waals surface area contributed by atoms with Crippen LogP contribution in [0, 0.1) is 0 Å². The third kappa shape index (κ3) is 4.53. The zero-order chi connectivity index (χ0) is 20.9. The van der Waals surface area contributed by atoms with E-state index in [0.717, 1.165) is 24.2 Å². The van der Waals surface area contributed by atoms with Crippen LogP contribution in [-0.4, -0.2) is 23.3 Å². The highest BCUT2D eigenvalue weighted by molar-refractivity contribution is 6.30. The third-order valence-electron chi connectivity index (χ3n) is 5.33. The second-order valence-corrected chi connectivity index (χ2v) is 7.81. The molecule has 1 aromatic heterocycles. The molecule has 0 saturated heterocycles. The molecule has 5 nitrogen and oxygen atoms in total. The molecule has 4 rings (SSSR count). The molecule has 1 unspecified atom stereocenters. The maximum atomic E-state index is 11.3. The van der Waals surface area contributed by atoms with Crippen LogP contribution in [0.2, 0.25) is 5.02 Å². The van der Waals surface area contributed by atoms with Gasteiger partial charge in [-0.25, -0.2) is 0 Å². The first-order valence-electron chi connectivity index (χ1n) is 10.1. The molecule has 1 saturated carbocycles. The molecular formula is C24H25ClN2O3. The number of benzene rings is 2. The van der Waals surface area contributed by atoms with Crippen molar-refractivity contribution in [2.75, 3.05) is 12.0 Å². The molecule has 0 bridgehead atoms. The number of methoxy groups -OCH3 is 1. The van der Waals surface area contributed by atoms with Gasteiger partial charge in [-0.1, -0.05) is 23.7 Å². The average Bonchev–Trinajstić information content (AvgIpc) is 3.28. The Hall–Kier alpha value is -2.76. The summed E-state index contributed by atoms with van der Waals surface area (Å²) in [5, 5.41) is 11.8. The van der Waals surface area contributed by atoms with Gasteiger partial charge in [-0.3, -0.25) is 4.98 Å². The highest BCUT2D eigenvalue weighted by atomic mass is 35.5. The molecule has 1 atom stereocenters. The van der Waals surface area contributed by atoms with Crippen LogP contribution in [0.15, 0.2) is 67.0 Å². The van der Waals surface area contributed by atoms with E-state index in [1.54, 1.807) is 25.6 Å². The summed E-state index contributed by atoms with van der Waals surface area (Å²) in [7, 11) is 1.63. The Bertz CT molecular complexity index is 977. The fourth-order valence-electron chi connectivity index (χ4n) is 3.83. The minimum Gasteiger partial charge on any atom is -0.493 e. The fraction of sp³-hybridized carbons (Fsp3) is 0.292. The molecule has 1 heterocycles. The number of aliphatic hydroxyl groups excluding tert-OH is 1. The lowest BCUT2D eigenvalue weighted by Gasteiger charge is -2.31. The molecular weight excluding hydrogens is 400 g/mol. The SMILES string of the molecule is COc1ccc(N(c2cccc(Cl)c2)C(O)c2cccnc2)cc1OC1CCCC1. The third-order valence-corrected chi connectivity index (χ3v) is 5.57. The highest BCUT2D eigenvalue weighted by Gasteiger charge is 2.24. The Morgan fingerprint density at radius 2 is 1.83 bits per heavy atom. The van der Waals surface area contributed by atoms with Gasteiger partial charge in [0.05, 0.1) is 13.2 Å². The van der Waals surface area contributed by atoms with Crippen molar-refractivity contribution < 1.29 is 14.6 Å². The van der Waals surface area contributed by atoms with Crippen LogP contribution in [0.1, 0.15) is 37.5 Å². The number of ether oxygens (including phenoxy) is 2. The largest absolute Gasteiger partial charge is 0.493 e. The van der Waals surface area contributed by atoms with Gasteiger partial charge in [-0.05, 0) is 62.1 Å². The van der Waals surface area contributed by atoms with Crippen LogP contribution in [0.25, 0.3) is 0 Å². The van der Waals surface area contributed by atoms with Gasteiger partial charge in [0.2, 0.25) is 0 Å². The van der Waals surface area contributed by atoms with Gasteiger partial charge in [-0.15, -0.1) is 0 Å². The highest BCUT2D eigenvalue weighted by Crippen LogP contribution is 2.40. The maximum absolute atomic E-state index is 11.3. The number of hydrogen-bond donors (Lipinski definition) is 1. The van der Waals surface area contributed by atoms with E-state index in [2.05, 4.69) is 4.98 Å². The number of pyridine rings is 1. The van der Waals surface area contributed by atoms with Crippen LogP contribution in [-0.2, 0) is 0 Å². The first kappa shape index (κ1) is 20.5. The molecule has 156 valence electrons. The Balaban J connectivity index is 1.76. The van der Waals surface area contributed by atoms with Crippen molar-refractivity contribution in [3.05, 3.63) is 77.6 Å². The molecule has 0 spiro atoms. The molecule has 1 aliphatic carbocycles. The molecule has 0 aliphatic heterocycles. The Morgan fingerprint density at radius 3 is 2.53 bits per heavy atom. The summed E-state index contributed by atoms with van der Waals surface area (Å²) in [6.07, 6.45) is 7.03. The lowest BCUT2D eigenvalue weighted by Crippen LogP contribution is -2.24. The summed E-state index contributed by atoms with van der Waals surface area (Å²) >= 11 is 6.25. The quantitative estimate of drug-likeness (QED) is 0.479. The zero-order valence-electron chi connectivity index (χ0n) is 16.9. The lowest BCUT2D eigenvalue weighted by atomic mass is 10.1. The molecule has 2 aromatic carbocycles. The standard InChI is InChI=1S/C24H25ClN2O3/c1-29-22-12-11-20(15-23(22)30-21-9-2-3-10-21)27(19-8-4-7-18(25)14-19)24(28)17-6-5-13-26-16-17/h4-8,11-16,21,24,28H,2-3,9-10H2,1H3. The van der Waals surface area contributed by atoms with E-state index in [9.17, 15) is 5.11 Å². The van der Waals surface area contributed by atoms with E-state index in [1.807, 2.05) is 53.4 Å². The van der Waals surface area contributed by atoms with Crippen molar-refractivity contribution >= 4 is 23.0 Å². The second-order valence-electron chi connectivity index (χ2n) is 7.37. The van der Waals surface area contributed by atoms with Crippen LogP contribution in [0.3, 0.4) is 0 Å². The number of hydrogen-bond acceptors (Lipinski definition) is 5. The normalized spacial score (nSPS) is 15.0. The van der Waals surface area contributed by atoms with Gasteiger partial charge in [-0.2, -0.15) is 0 Å². The fourth-order valence-corrected chi connectivity index (χ4v) is 4.01. The maximum Gasteiger partial charge on any atom is 0.163 e. The predicted molar refractivity (Wildman–Crippen MR) is 119 cm³/mol. The Morgan fingerprint density at radius 1 is 1.03 bits per heavy atom. The van der Waals surface area contributed by atoms with Gasteiger partial charge in [0.25, 0.3) is 0 Å². The zero-order valence-corrected chi connectivity index (χ0v) is 17.6. The van der Waals surface area contributed by atoms with Crippen molar-refractivity contribution in [1.29, 1.82) is 0 Å². The average molecular weight is 425 g/mol. The van der Waals surface area contributed by atoms with E-state index in [-0.39, 0.29) is 6.10 Å². The van der Waals surface area contributed by atoms with E-state index >= 15 is 0 Å². The van der Waals surface area contributed by atoms with Crippen molar-refractivity contribution in [1.82, 2.24) is 4.98 Å². The molecule has 3 aromatic rings. The van der Waals surface area contributed by atoms with Crippen molar-refractivity contribution in [3.8, 4) is 11.5 Å². The van der Waals surface area contributed by atoms with E-state index < -0.39 is 6.23 Å². The van der Waals surface area contributed by atoms with Gasteiger partial charge in [0.15, 0.2) is 17.7 Å². The van der Waals surface area contributed by atoms with Crippen molar-refractivity contribution in [3.63, 3.8) is 0 Å². The first-order chi connectivity index (χ1) is 14.7. The molecule has 6 heteroatoms. The monoisotopic (exact) mass is 424 g/mol. The summed E-state index contributed by atoms with van der Waals surface area (Å²) < 4.78 is 11.8. The van der Waals surface area contributed by atoms with Gasteiger partial charge in [0, 0.05) is 40.4 Å². The molecule has 1 N–H and O–H groups in total. The van der Waals surface area contributed by atoms with Crippen molar-refractivity contribution in [2.24, 2.45) is 0 Å². The number of anilines is 2. The van der Waals surface area contributed by atoms with Gasteiger partial charge in [0.1, 0.15) is 0 Å². The summed E-state index contributed by atoms with van der Waals surface area (Å²) in [6, 6.07) is 16.7. The van der Waals surface area contributed by atoms with Crippen molar-refractivity contribution in [2.45, 2.75) is 38.0 Å². The molecule has 0 radical (unpaired) electrons. The number of aliphatic hydroxyl groups is 1. The lowest BCUT2D eigenvalue weighted by molar-refractivity contribution is 0.183. The van der Waals surface area contributed by atoms with E-state index in [4.69, 9.17) is 21.1 Å². The minimum absolute atomic E-state index is 0.192. The molecule has 1 aliphatic rings.